The predicted molar refractivity (Wildman–Crippen MR) is 104 cm³/mol. The van der Waals surface area contributed by atoms with Crippen molar-refractivity contribution in [1.82, 2.24) is 14.8 Å². The maximum absolute atomic E-state index is 12.2. The number of benzene rings is 1. The summed E-state index contributed by atoms with van der Waals surface area (Å²) in [5, 5.41) is 19.1. The molecule has 0 unspecified atom stereocenters. The predicted octanol–water partition coefficient (Wildman–Crippen LogP) is 1.50. The molecule has 1 fully saturated rings. The fourth-order valence-electron chi connectivity index (χ4n) is 3.52. The second kappa shape index (κ2) is 8.05. The largest absolute Gasteiger partial charge is 0.384 e. The van der Waals surface area contributed by atoms with Crippen LogP contribution in [0.15, 0.2) is 29.1 Å². The van der Waals surface area contributed by atoms with Gasteiger partial charge in [-0.3, -0.25) is 9.69 Å². The minimum Gasteiger partial charge on any atom is -0.384 e. The molecule has 0 radical (unpaired) electrons. The fourth-order valence-corrected chi connectivity index (χ4v) is 3.52. The van der Waals surface area contributed by atoms with Gasteiger partial charge in [0, 0.05) is 38.3 Å². The summed E-state index contributed by atoms with van der Waals surface area (Å²) in [5.41, 5.74) is 7.34. The van der Waals surface area contributed by atoms with Crippen LogP contribution in [0.2, 0.25) is 0 Å². The molecule has 3 N–H and O–H groups in total. The fraction of sp³-hybridized carbons (Fsp3) is 0.350. The van der Waals surface area contributed by atoms with E-state index in [1.165, 1.54) is 0 Å². The lowest BCUT2D eigenvalue weighted by atomic mass is 9.92. The molecule has 2 aromatic rings. The molecule has 0 amide bonds. The van der Waals surface area contributed by atoms with E-state index in [1.807, 2.05) is 36.4 Å². The van der Waals surface area contributed by atoms with Gasteiger partial charge in [0.15, 0.2) is 0 Å². The number of aromatic nitrogens is 1. The molecule has 3 rings (SSSR count). The van der Waals surface area contributed by atoms with Crippen molar-refractivity contribution in [3.63, 3.8) is 0 Å². The van der Waals surface area contributed by atoms with Gasteiger partial charge in [0.2, 0.25) is 0 Å². The van der Waals surface area contributed by atoms with Crippen molar-refractivity contribution in [2.75, 3.05) is 38.5 Å². The molecule has 0 spiro atoms. The molecule has 1 saturated heterocycles. The van der Waals surface area contributed by atoms with E-state index >= 15 is 0 Å². The SMILES string of the molecule is CCN1CCN(Cc2ccccc2-c2c(C#N)c(N)[nH]c(=O)c2C#N)CC1. The minimum absolute atomic E-state index is 0.0112. The minimum atomic E-state index is -0.574. The summed E-state index contributed by atoms with van der Waals surface area (Å²) in [4.78, 5) is 19.4. The third-order valence-corrected chi connectivity index (χ3v) is 5.06. The molecule has 1 aromatic heterocycles. The molecule has 0 saturated carbocycles. The standard InChI is InChI=1S/C20H22N6O/c1-2-25-7-9-26(10-8-25)13-14-5-3-4-6-15(14)18-16(11-21)19(23)24-20(27)17(18)12-22/h3-6H,2,7-10,13H2,1H3,(H3,23,24,27). The summed E-state index contributed by atoms with van der Waals surface area (Å²) in [7, 11) is 0. The van der Waals surface area contributed by atoms with Crippen LogP contribution in [0.5, 0.6) is 0 Å². The van der Waals surface area contributed by atoms with Gasteiger partial charge >= 0.3 is 0 Å². The first-order chi connectivity index (χ1) is 13.1. The average molecular weight is 362 g/mol. The maximum atomic E-state index is 12.2. The molecule has 0 atom stereocenters. The van der Waals surface area contributed by atoms with Gasteiger partial charge in [-0.05, 0) is 17.7 Å². The van der Waals surface area contributed by atoms with Crippen molar-refractivity contribution >= 4 is 5.82 Å². The molecule has 1 aliphatic heterocycles. The Kier molecular flexibility index (Phi) is 5.56. The van der Waals surface area contributed by atoms with Gasteiger partial charge in [0.1, 0.15) is 29.1 Å². The van der Waals surface area contributed by atoms with Crippen LogP contribution in [0, 0.1) is 22.7 Å². The van der Waals surface area contributed by atoms with Gasteiger partial charge in [-0.2, -0.15) is 10.5 Å². The van der Waals surface area contributed by atoms with Gasteiger partial charge in [0.25, 0.3) is 5.56 Å². The van der Waals surface area contributed by atoms with Crippen LogP contribution >= 0.6 is 0 Å². The monoisotopic (exact) mass is 362 g/mol. The Labute approximate surface area is 158 Å². The van der Waals surface area contributed by atoms with Crippen LogP contribution < -0.4 is 11.3 Å². The van der Waals surface area contributed by atoms with Crippen molar-refractivity contribution in [3.8, 4) is 23.3 Å². The molecule has 0 aliphatic carbocycles. The van der Waals surface area contributed by atoms with Gasteiger partial charge < -0.3 is 15.6 Å². The number of nitriles is 2. The van der Waals surface area contributed by atoms with Crippen molar-refractivity contribution < 1.29 is 0 Å². The first kappa shape index (κ1) is 18.7. The number of nitrogens with one attached hydrogen (secondary N) is 1. The van der Waals surface area contributed by atoms with Crippen molar-refractivity contribution in [3.05, 3.63) is 51.3 Å². The van der Waals surface area contributed by atoms with E-state index in [4.69, 9.17) is 5.73 Å². The molecule has 1 aliphatic rings. The molecule has 0 bridgehead atoms. The smallest absolute Gasteiger partial charge is 0.268 e. The molecular formula is C20H22N6O. The number of hydrogen-bond donors (Lipinski definition) is 2. The summed E-state index contributed by atoms with van der Waals surface area (Å²) in [5.74, 6) is -0.0112. The number of hydrogen-bond acceptors (Lipinski definition) is 6. The summed E-state index contributed by atoms with van der Waals surface area (Å²) < 4.78 is 0. The van der Waals surface area contributed by atoms with Gasteiger partial charge in [-0.1, -0.05) is 31.2 Å². The second-order valence-electron chi connectivity index (χ2n) is 6.58. The Balaban J connectivity index is 2.04. The third-order valence-electron chi connectivity index (χ3n) is 5.06. The van der Waals surface area contributed by atoms with Crippen molar-refractivity contribution in [2.45, 2.75) is 13.5 Å². The number of likely N-dealkylation sites (N-methyl/N-ethyl adjacent to an activating group) is 1. The van der Waals surface area contributed by atoms with E-state index < -0.39 is 5.56 Å². The zero-order valence-electron chi connectivity index (χ0n) is 15.3. The van der Waals surface area contributed by atoms with Crippen LogP contribution in [-0.4, -0.2) is 47.5 Å². The van der Waals surface area contributed by atoms with Crippen LogP contribution in [0.25, 0.3) is 11.1 Å². The highest BCUT2D eigenvalue weighted by molar-refractivity contribution is 5.81. The van der Waals surface area contributed by atoms with E-state index in [0.29, 0.717) is 17.7 Å². The number of nitrogen functional groups attached to an aromatic ring is 1. The zero-order chi connectivity index (χ0) is 19.4. The van der Waals surface area contributed by atoms with Crippen molar-refractivity contribution in [2.24, 2.45) is 0 Å². The molecule has 138 valence electrons. The Morgan fingerprint density at radius 3 is 2.33 bits per heavy atom. The Hall–Kier alpha value is -3.13. The second-order valence-corrected chi connectivity index (χ2v) is 6.58. The average Bonchev–Trinajstić information content (AvgIpc) is 2.68. The maximum Gasteiger partial charge on any atom is 0.268 e. The van der Waals surface area contributed by atoms with E-state index in [0.717, 1.165) is 38.3 Å². The highest BCUT2D eigenvalue weighted by Crippen LogP contribution is 2.31. The number of rotatable bonds is 4. The first-order valence-corrected chi connectivity index (χ1v) is 8.98. The van der Waals surface area contributed by atoms with E-state index in [-0.39, 0.29) is 16.9 Å². The molecule has 1 aromatic carbocycles. The number of H-pyrrole nitrogens is 1. The van der Waals surface area contributed by atoms with Gasteiger partial charge in [-0.15, -0.1) is 0 Å². The lowest BCUT2D eigenvalue weighted by Crippen LogP contribution is -2.45. The highest BCUT2D eigenvalue weighted by Gasteiger charge is 2.22. The van der Waals surface area contributed by atoms with Gasteiger partial charge in [0.05, 0.1) is 0 Å². The number of nitrogens with two attached hydrogens (primary N) is 1. The van der Waals surface area contributed by atoms with Gasteiger partial charge in [-0.25, -0.2) is 0 Å². The zero-order valence-corrected chi connectivity index (χ0v) is 15.3. The lowest BCUT2D eigenvalue weighted by molar-refractivity contribution is 0.132. The molecular weight excluding hydrogens is 340 g/mol. The molecule has 7 nitrogen and oxygen atoms in total. The summed E-state index contributed by atoms with van der Waals surface area (Å²) >= 11 is 0. The number of nitrogens with zero attached hydrogens (tertiary/aromatic N) is 4. The van der Waals surface area contributed by atoms with E-state index in [2.05, 4.69) is 21.7 Å². The van der Waals surface area contributed by atoms with Crippen LogP contribution in [0.4, 0.5) is 5.82 Å². The Morgan fingerprint density at radius 2 is 1.70 bits per heavy atom. The number of anilines is 1. The summed E-state index contributed by atoms with van der Waals surface area (Å²) in [6.07, 6.45) is 0. The topological polar surface area (TPSA) is 113 Å². The normalized spacial score (nSPS) is 15.2. The highest BCUT2D eigenvalue weighted by atomic mass is 16.1. The quantitative estimate of drug-likeness (QED) is 0.852. The number of piperazine rings is 1. The third kappa shape index (κ3) is 3.70. The van der Waals surface area contributed by atoms with Crippen molar-refractivity contribution in [1.29, 1.82) is 10.5 Å². The first-order valence-electron chi connectivity index (χ1n) is 8.98. The van der Waals surface area contributed by atoms with E-state index in [1.54, 1.807) is 0 Å². The van der Waals surface area contributed by atoms with Crippen LogP contribution in [-0.2, 0) is 6.54 Å². The van der Waals surface area contributed by atoms with E-state index in [9.17, 15) is 15.3 Å². The number of aromatic amines is 1. The summed E-state index contributed by atoms with van der Waals surface area (Å²) in [6.45, 7) is 7.84. The molecule has 7 heteroatoms. The molecule has 27 heavy (non-hydrogen) atoms. The Morgan fingerprint density at radius 1 is 1.07 bits per heavy atom. The Bertz CT molecular complexity index is 973. The van der Waals surface area contributed by atoms with Crippen LogP contribution in [0.3, 0.4) is 0 Å². The lowest BCUT2D eigenvalue weighted by Gasteiger charge is -2.34. The number of pyridine rings is 1. The van der Waals surface area contributed by atoms with Crippen LogP contribution in [0.1, 0.15) is 23.6 Å². The summed E-state index contributed by atoms with van der Waals surface area (Å²) in [6, 6.07) is 11.6. The molecule has 2 heterocycles.